The van der Waals surface area contributed by atoms with E-state index in [4.69, 9.17) is 0 Å². The van der Waals surface area contributed by atoms with E-state index in [0.717, 1.165) is 26.1 Å². The molecular weight excluding hydrogens is 250 g/mol. The van der Waals surface area contributed by atoms with Crippen LogP contribution in [0.1, 0.15) is 19.3 Å². The van der Waals surface area contributed by atoms with Crippen LogP contribution in [0, 0.1) is 0 Å². The number of hydrogen-bond acceptors (Lipinski definition) is 3. The van der Waals surface area contributed by atoms with E-state index in [1.807, 2.05) is 30.1 Å². The second-order valence-corrected chi connectivity index (χ2v) is 5.57. The van der Waals surface area contributed by atoms with Crippen molar-refractivity contribution in [2.45, 2.75) is 25.3 Å². The first-order chi connectivity index (χ1) is 9.66. The maximum absolute atomic E-state index is 12.1. The second kappa shape index (κ2) is 7.29. The number of nitrogens with zero attached hydrogens (tertiary/aromatic N) is 2. The van der Waals surface area contributed by atoms with Crippen LogP contribution in [0.3, 0.4) is 0 Å². The Kier molecular flexibility index (Phi) is 5.41. The van der Waals surface area contributed by atoms with E-state index in [0.29, 0.717) is 12.5 Å². The molecule has 1 saturated heterocycles. The summed E-state index contributed by atoms with van der Waals surface area (Å²) in [5.74, 6) is 0.242. The summed E-state index contributed by atoms with van der Waals surface area (Å²) in [6.45, 7) is 2.67. The first-order valence-corrected chi connectivity index (χ1v) is 7.40. The molecule has 1 fully saturated rings. The summed E-state index contributed by atoms with van der Waals surface area (Å²) in [7, 11) is 3.96. The summed E-state index contributed by atoms with van der Waals surface area (Å²) in [4.78, 5) is 16.1. The number of para-hydroxylation sites is 1. The lowest BCUT2D eigenvalue weighted by molar-refractivity contribution is -0.130. The number of nitrogens with one attached hydrogen (secondary N) is 1. The zero-order chi connectivity index (χ0) is 14.4. The fourth-order valence-corrected chi connectivity index (χ4v) is 2.53. The van der Waals surface area contributed by atoms with Gasteiger partial charge in [0.05, 0.1) is 0 Å². The molecule has 0 saturated carbocycles. The van der Waals surface area contributed by atoms with Crippen molar-refractivity contribution in [3.05, 3.63) is 30.3 Å². The molecule has 1 N–H and O–H groups in total. The zero-order valence-corrected chi connectivity index (χ0v) is 12.5. The maximum atomic E-state index is 12.1. The Morgan fingerprint density at radius 1 is 1.25 bits per heavy atom. The predicted molar refractivity (Wildman–Crippen MR) is 83.0 cm³/mol. The fraction of sp³-hybridized carbons (Fsp3) is 0.562. The fourth-order valence-electron chi connectivity index (χ4n) is 2.53. The Bertz CT molecular complexity index is 415. The van der Waals surface area contributed by atoms with Crippen molar-refractivity contribution in [2.24, 2.45) is 0 Å². The van der Waals surface area contributed by atoms with Gasteiger partial charge in [0.25, 0.3) is 0 Å². The lowest BCUT2D eigenvalue weighted by Crippen LogP contribution is -2.37. The van der Waals surface area contributed by atoms with E-state index in [-0.39, 0.29) is 5.91 Å². The smallest absolute Gasteiger partial charge is 0.223 e. The van der Waals surface area contributed by atoms with Gasteiger partial charge in [-0.15, -0.1) is 0 Å². The quantitative estimate of drug-likeness (QED) is 0.859. The van der Waals surface area contributed by atoms with Crippen LogP contribution in [-0.4, -0.2) is 50.6 Å². The van der Waals surface area contributed by atoms with Crippen molar-refractivity contribution >= 4 is 11.6 Å². The van der Waals surface area contributed by atoms with Crippen molar-refractivity contribution in [1.29, 1.82) is 0 Å². The summed E-state index contributed by atoms with van der Waals surface area (Å²) >= 11 is 0. The molecule has 0 bridgehead atoms. The van der Waals surface area contributed by atoms with Crippen molar-refractivity contribution < 1.29 is 4.79 Å². The Balaban J connectivity index is 1.73. The standard InChI is InChI=1S/C16H25N3O/c1-18(15-8-4-3-5-9-15)11-12-19(2)16(20)13-14-7-6-10-17-14/h3-5,8-9,14,17H,6-7,10-13H2,1-2H3. The van der Waals surface area contributed by atoms with Gasteiger partial charge in [0, 0.05) is 45.3 Å². The Labute approximate surface area is 121 Å². The average molecular weight is 275 g/mol. The molecule has 110 valence electrons. The number of benzene rings is 1. The summed E-state index contributed by atoms with van der Waals surface area (Å²) in [6, 6.07) is 10.6. The number of rotatable bonds is 6. The Hall–Kier alpha value is -1.55. The minimum atomic E-state index is 0.242. The molecule has 2 rings (SSSR count). The molecule has 1 aromatic rings. The van der Waals surface area contributed by atoms with Crippen LogP contribution >= 0.6 is 0 Å². The first-order valence-electron chi connectivity index (χ1n) is 7.40. The molecule has 4 nitrogen and oxygen atoms in total. The SMILES string of the molecule is CN(CCN(C)c1ccccc1)C(=O)CC1CCCN1. The summed E-state index contributed by atoms with van der Waals surface area (Å²) in [5, 5.41) is 3.38. The van der Waals surface area contributed by atoms with Gasteiger partial charge in [-0.2, -0.15) is 0 Å². The predicted octanol–water partition coefficient (Wildman–Crippen LogP) is 1.72. The molecule has 0 aliphatic carbocycles. The third-order valence-electron chi connectivity index (χ3n) is 3.98. The molecule has 1 heterocycles. The second-order valence-electron chi connectivity index (χ2n) is 5.57. The molecule has 0 aromatic heterocycles. The van der Waals surface area contributed by atoms with E-state index in [2.05, 4.69) is 29.4 Å². The average Bonchev–Trinajstić information content (AvgIpc) is 2.98. The van der Waals surface area contributed by atoms with Gasteiger partial charge in [-0.3, -0.25) is 4.79 Å². The van der Waals surface area contributed by atoms with E-state index < -0.39 is 0 Å². The van der Waals surface area contributed by atoms with Crippen LogP contribution < -0.4 is 10.2 Å². The van der Waals surface area contributed by atoms with E-state index in [1.165, 1.54) is 12.1 Å². The van der Waals surface area contributed by atoms with Crippen LogP contribution in [0.15, 0.2) is 30.3 Å². The van der Waals surface area contributed by atoms with Crippen molar-refractivity contribution in [3.8, 4) is 0 Å². The van der Waals surface area contributed by atoms with Crippen molar-refractivity contribution in [1.82, 2.24) is 10.2 Å². The molecule has 1 aliphatic heterocycles. The molecule has 1 atom stereocenters. The van der Waals surface area contributed by atoms with Gasteiger partial charge in [0.1, 0.15) is 0 Å². The van der Waals surface area contributed by atoms with Crippen LogP contribution in [-0.2, 0) is 4.79 Å². The maximum Gasteiger partial charge on any atom is 0.223 e. The van der Waals surface area contributed by atoms with Gasteiger partial charge in [-0.25, -0.2) is 0 Å². The highest BCUT2D eigenvalue weighted by Crippen LogP contribution is 2.12. The van der Waals surface area contributed by atoms with Crippen LogP contribution in [0.4, 0.5) is 5.69 Å². The largest absolute Gasteiger partial charge is 0.373 e. The molecular formula is C16H25N3O. The van der Waals surface area contributed by atoms with Gasteiger partial charge in [-0.05, 0) is 31.5 Å². The van der Waals surface area contributed by atoms with Gasteiger partial charge in [0.2, 0.25) is 5.91 Å². The summed E-state index contributed by atoms with van der Waals surface area (Å²) < 4.78 is 0. The molecule has 1 aliphatic rings. The Morgan fingerprint density at radius 3 is 2.65 bits per heavy atom. The highest BCUT2D eigenvalue weighted by Gasteiger charge is 2.19. The molecule has 0 radical (unpaired) electrons. The number of carbonyl (C=O) groups excluding carboxylic acids is 1. The summed E-state index contributed by atoms with van der Waals surface area (Å²) in [5.41, 5.74) is 1.19. The molecule has 4 heteroatoms. The lowest BCUT2D eigenvalue weighted by atomic mass is 10.1. The number of anilines is 1. The number of amides is 1. The Morgan fingerprint density at radius 2 is 2.00 bits per heavy atom. The van der Waals surface area contributed by atoms with Gasteiger partial charge in [-0.1, -0.05) is 18.2 Å². The highest BCUT2D eigenvalue weighted by molar-refractivity contribution is 5.76. The zero-order valence-electron chi connectivity index (χ0n) is 12.5. The molecule has 1 aromatic carbocycles. The minimum absolute atomic E-state index is 0.242. The van der Waals surface area contributed by atoms with Gasteiger partial charge < -0.3 is 15.1 Å². The topological polar surface area (TPSA) is 35.6 Å². The van der Waals surface area contributed by atoms with Crippen molar-refractivity contribution in [2.75, 3.05) is 38.6 Å². The third-order valence-corrected chi connectivity index (χ3v) is 3.98. The van der Waals surface area contributed by atoms with E-state index in [1.54, 1.807) is 0 Å². The summed E-state index contributed by atoms with van der Waals surface area (Å²) in [6.07, 6.45) is 2.95. The van der Waals surface area contributed by atoms with Gasteiger partial charge >= 0.3 is 0 Å². The lowest BCUT2D eigenvalue weighted by Gasteiger charge is -2.24. The number of hydrogen-bond donors (Lipinski definition) is 1. The first kappa shape index (κ1) is 14.9. The van der Waals surface area contributed by atoms with Crippen LogP contribution in [0.5, 0.6) is 0 Å². The van der Waals surface area contributed by atoms with Crippen LogP contribution in [0.2, 0.25) is 0 Å². The molecule has 20 heavy (non-hydrogen) atoms. The van der Waals surface area contributed by atoms with Gasteiger partial charge in [0.15, 0.2) is 0 Å². The highest BCUT2D eigenvalue weighted by atomic mass is 16.2. The van der Waals surface area contributed by atoms with E-state index >= 15 is 0 Å². The number of carbonyl (C=O) groups is 1. The minimum Gasteiger partial charge on any atom is -0.373 e. The van der Waals surface area contributed by atoms with Crippen molar-refractivity contribution in [3.63, 3.8) is 0 Å². The number of likely N-dealkylation sites (N-methyl/N-ethyl adjacent to an activating group) is 2. The molecule has 0 spiro atoms. The third kappa shape index (κ3) is 4.23. The monoisotopic (exact) mass is 275 g/mol. The van der Waals surface area contributed by atoms with E-state index in [9.17, 15) is 4.79 Å². The molecule has 1 unspecified atom stereocenters. The molecule has 1 amide bonds. The van der Waals surface area contributed by atoms with Crippen LogP contribution in [0.25, 0.3) is 0 Å². The normalized spacial score (nSPS) is 18.0.